The molecule has 2 aromatic rings. The Morgan fingerprint density at radius 1 is 1.03 bits per heavy atom. The summed E-state index contributed by atoms with van der Waals surface area (Å²) in [5.41, 5.74) is -0.714. The minimum Gasteiger partial charge on any atom is -0.497 e. The number of rotatable bonds is 5. The highest BCUT2D eigenvalue weighted by molar-refractivity contribution is 7.92. The Morgan fingerprint density at radius 3 is 2.17 bits per heavy atom. The molecule has 0 radical (unpaired) electrons. The van der Waals surface area contributed by atoms with Crippen molar-refractivity contribution in [1.29, 1.82) is 0 Å². The molecular formula is C20H19F3N2O4S. The molecule has 10 heteroatoms. The van der Waals surface area contributed by atoms with Crippen LogP contribution in [0, 0.1) is 0 Å². The van der Waals surface area contributed by atoms with Gasteiger partial charge in [0.15, 0.2) is 0 Å². The SMILES string of the molecule is C=C1C=C(C(F)(F)F)c2cc(S(=O)(=O)Nc3cc(OC)cc(OC)c3)ccc2N1C. The molecular weight excluding hydrogens is 421 g/mol. The van der Waals surface area contributed by atoms with Gasteiger partial charge in [-0.3, -0.25) is 4.72 Å². The van der Waals surface area contributed by atoms with E-state index >= 15 is 0 Å². The van der Waals surface area contributed by atoms with Gasteiger partial charge in [-0.05, 0) is 24.3 Å². The summed E-state index contributed by atoms with van der Waals surface area (Å²) in [6, 6.07) is 7.97. The van der Waals surface area contributed by atoms with E-state index < -0.39 is 21.8 Å². The van der Waals surface area contributed by atoms with Crippen LogP contribution in [0.25, 0.3) is 5.57 Å². The molecule has 0 fully saturated rings. The third-order valence-electron chi connectivity index (χ3n) is 4.58. The van der Waals surface area contributed by atoms with Crippen LogP contribution in [0.5, 0.6) is 11.5 Å². The van der Waals surface area contributed by atoms with E-state index in [0.717, 1.165) is 12.1 Å². The molecule has 1 heterocycles. The number of hydrogen-bond donors (Lipinski definition) is 1. The second-order valence-electron chi connectivity index (χ2n) is 6.49. The molecule has 1 aliphatic heterocycles. The summed E-state index contributed by atoms with van der Waals surface area (Å²) in [7, 11) is 0.179. The fourth-order valence-electron chi connectivity index (χ4n) is 3.00. The van der Waals surface area contributed by atoms with Gasteiger partial charge in [0.25, 0.3) is 10.0 Å². The van der Waals surface area contributed by atoms with Crippen LogP contribution >= 0.6 is 0 Å². The Balaban J connectivity index is 2.06. The van der Waals surface area contributed by atoms with E-state index in [1.54, 1.807) is 13.1 Å². The lowest BCUT2D eigenvalue weighted by atomic mass is 9.97. The van der Waals surface area contributed by atoms with Gasteiger partial charge in [-0.1, -0.05) is 6.58 Å². The van der Waals surface area contributed by atoms with Gasteiger partial charge in [0.2, 0.25) is 0 Å². The molecule has 0 atom stereocenters. The van der Waals surface area contributed by atoms with Crippen LogP contribution in [0.2, 0.25) is 0 Å². The zero-order chi connectivity index (χ0) is 22.3. The standard InChI is InChI=1S/C20H19F3N2O4S/c1-12-7-18(20(21,22)23)17-11-16(5-6-19(17)25(12)2)30(26,27)24-13-8-14(28-3)10-15(9-13)29-4/h5-11,24H,1H2,2-4H3. The van der Waals surface area contributed by atoms with E-state index in [2.05, 4.69) is 11.3 Å². The highest BCUT2D eigenvalue weighted by Crippen LogP contribution is 2.44. The molecule has 0 spiro atoms. The van der Waals surface area contributed by atoms with E-state index in [0.29, 0.717) is 11.5 Å². The number of anilines is 2. The maximum absolute atomic E-state index is 13.5. The molecule has 0 saturated carbocycles. The van der Waals surface area contributed by atoms with Gasteiger partial charge in [0, 0.05) is 42.2 Å². The lowest BCUT2D eigenvalue weighted by Crippen LogP contribution is -2.24. The number of sulfonamides is 1. The second-order valence-corrected chi connectivity index (χ2v) is 8.17. The molecule has 0 aromatic heterocycles. The lowest BCUT2D eigenvalue weighted by Gasteiger charge is -2.30. The number of ether oxygens (including phenoxy) is 2. The van der Waals surface area contributed by atoms with Crippen LogP contribution in [0.1, 0.15) is 5.56 Å². The average Bonchev–Trinajstić information content (AvgIpc) is 2.68. The average molecular weight is 440 g/mol. The monoisotopic (exact) mass is 440 g/mol. The molecule has 0 saturated heterocycles. The fraction of sp³-hybridized carbons (Fsp3) is 0.200. The minimum atomic E-state index is -4.67. The summed E-state index contributed by atoms with van der Waals surface area (Å²) in [5, 5.41) is 0. The summed E-state index contributed by atoms with van der Waals surface area (Å²) in [6.45, 7) is 3.61. The smallest absolute Gasteiger partial charge is 0.417 e. The van der Waals surface area contributed by atoms with E-state index in [1.165, 1.54) is 43.4 Å². The van der Waals surface area contributed by atoms with Gasteiger partial charge >= 0.3 is 6.18 Å². The molecule has 3 rings (SSSR count). The molecule has 6 nitrogen and oxygen atoms in total. The number of allylic oxidation sites excluding steroid dienone is 2. The van der Waals surface area contributed by atoms with Gasteiger partial charge in [-0.25, -0.2) is 8.42 Å². The maximum Gasteiger partial charge on any atom is 0.417 e. The molecule has 2 aromatic carbocycles. The Hall–Kier alpha value is -3.14. The Morgan fingerprint density at radius 2 is 1.63 bits per heavy atom. The van der Waals surface area contributed by atoms with E-state index in [1.807, 2.05) is 0 Å². The van der Waals surface area contributed by atoms with Crippen LogP contribution in [0.3, 0.4) is 0 Å². The zero-order valence-corrected chi connectivity index (χ0v) is 17.2. The van der Waals surface area contributed by atoms with E-state index in [-0.39, 0.29) is 27.5 Å². The Kier molecular flexibility index (Phi) is 5.46. The molecule has 0 unspecified atom stereocenters. The van der Waals surface area contributed by atoms with Crippen molar-refractivity contribution >= 4 is 27.0 Å². The van der Waals surface area contributed by atoms with Crippen molar-refractivity contribution < 1.29 is 31.1 Å². The number of benzene rings is 2. The summed E-state index contributed by atoms with van der Waals surface area (Å²) in [4.78, 5) is 1.14. The van der Waals surface area contributed by atoms with Crippen LogP contribution in [0.15, 0.2) is 59.6 Å². The Bertz CT molecular complexity index is 1120. The number of hydrogen-bond acceptors (Lipinski definition) is 5. The number of methoxy groups -OCH3 is 2. The normalized spacial score (nSPS) is 14.1. The highest BCUT2D eigenvalue weighted by Gasteiger charge is 2.39. The topological polar surface area (TPSA) is 67.9 Å². The molecule has 0 aliphatic carbocycles. The van der Waals surface area contributed by atoms with Crippen LogP contribution in [-0.2, 0) is 10.0 Å². The molecule has 30 heavy (non-hydrogen) atoms. The van der Waals surface area contributed by atoms with Gasteiger partial charge in [-0.2, -0.15) is 13.2 Å². The number of fused-ring (bicyclic) bond motifs is 1. The first-order chi connectivity index (χ1) is 14.0. The largest absolute Gasteiger partial charge is 0.497 e. The number of nitrogens with one attached hydrogen (secondary N) is 1. The third-order valence-corrected chi connectivity index (χ3v) is 5.96. The molecule has 160 valence electrons. The third kappa shape index (κ3) is 4.09. The second kappa shape index (κ2) is 7.60. The van der Waals surface area contributed by atoms with Gasteiger partial charge in [-0.15, -0.1) is 0 Å². The van der Waals surface area contributed by atoms with Crippen LogP contribution in [-0.4, -0.2) is 35.9 Å². The van der Waals surface area contributed by atoms with Crippen molar-refractivity contribution in [3.05, 3.63) is 60.3 Å². The maximum atomic E-state index is 13.5. The highest BCUT2D eigenvalue weighted by atomic mass is 32.2. The van der Waals surface area contributed by atoms with Crippen LogP contribution in [0.4, 0.5) is 24.5 Å². The van der Waals surface area contributed by atoms with Crippen molar-refractivity contribution in [2.24, 2.45) is 0 Å². The molecule has 0 bridgehead atoms. The quantitative estimate of drug-likeness (QED) is 0.746. The first-order valence-corrected chi connectivity index (χ1v) is 10.1. The number of likely N-dealkylation sites (N-methyl/N-ethyl adjacent to an activating group) is 1. The van der Waals surface area contributed by atoms with E-state index in [9.17, 15) is 21.6 Å². The molecule has 1 N–H and O–H groups in total. The first kappa shape index (κ1) is 21.6. The summed E-state index contributed by atoms with van der Waals surface area (Å²) in [6.07, 6.45) is -3.78. The summed E-state index contributed by atoms with van der Waals surface area (Å²) < 4.78 is 78.9. The first-order valence-electron chi connectivity index (χ1n) is 8.58. The van der Waals surface area contributed by atoms with Gasteiger partial charge in [0.05, 0.1) is 30.4 Å². The summed E-state index contributed by atoms with van der Waals surface area (Å²) >= 11 is 0. The van der Waals surface area contributed by atoms with Gasteiger partial charge < -0.3 is 14.4 Å². The van der Waals surface area contributed by atoms with E-state index in [4.69, 9.17) is 9.47 Å². The van der Waals surface area contributed by atoms with Crippen molar-refractivity contribution in [1.82, 2.24) is 0 Å². The van der Waals surface area contributed by atoms with Crippen LogP contribution < -0.4 is 19.1 Å². The number of nitrogens with zero attached hydrogens (tertiary/aromatic N) is 1. The minimum absolute atomic E-state index is 0.140. The molecule has 1 aliphatic rings. The predicted octanol–water partition coefficient (Wildman–Crippen LogP) is 4.41. The predicted molar refractivity (Wildman–Crippen MR) is 108 cm³/mol. The summed E-state index contributed by atoms with van der Waals surface area (Å²) in [5.74, 6) is 0.694. The van der Waals surface area contributed by atoms with Crippen molar-refractivity contribution in [3.8, 4) is 11.5 Å². The number of alkyl halides is 3. The lowest BCUT2D eigenvalue weighted by molar-refractivity contribution is -0.0690. The zero-order valence-electron chi connectivity index (χ0n) is 16.4. The fourth-order valence-corrected chi connectivity index (χ4v) is 4.07. The Labute approximate surface area is 172 Å². The van der Waals surface area contributed by atoms with Crippen molar-refractivity contribution in [2.45, 2.75) is 11.1 Å². The number of halogens is 3. The molecule has 0 amide bonds. The van der Waals surface area contributed by atoms with Crippen molar-refractivity contribution in [3.63, 3.8) is 0 Å². The van der Waals surface area contributed by atoms with Gasteiger partial charge in [0.1, 0.15) is 11.5 Å². The van der Waals surface area contributed by atoms with Crippen molar-refractivity contribution in [2.75, 3.05) is 30.9 Å².